The van der Waals surface area contributed by atoms with Crippen LogP contribution in [0.2, 0.25) is 5.02 Å². The molecule has 0 saturated heterocycles. The van der Waals surface area contributed by atoms with Gasteiger partial charge in [0.2, 0.25) is 5.91 Å². The Bertz CT molecular complexity index is 660. The molecule has 0 saturated carbocycles. The zero-order chi connectivity index (χ0) is 16.8. The van der Waals surface area contributed by atoms with Crippen molar-refractivity contribution in [2.24, 2.45) is 0 Å². The van der Waals surface area contributed by atoms with Gasteiger partial charge in [-0.1, -0.05) is 23.7 Å². The molecular formula is C18H21ClN2OS. The number of nitrogens with one attached hydrogen (secondary N) is 2. The van der Waals surface area contributed by atoms with E-state index >= 15 is 0 Å². The molecule has 0 aliphatic rings. The van der Waals surface area contributed by atoms with E-state index in [4.69, 9.17) is 11.6 Å². The molecule has 2 aromatic carbocycles. The molecule has 1 amide bonds. The van der Waals surface area contributed by atoms with Crippen molar-refractivity contribution in [3.8, 4) is 0 Å². The number of hydrogen-bond acceptors (Lipinski definition) is 3. The molecule has 2 unspecified atom stereocenters. The van der Waals surface area contributed by atoms with Gasteiger partial charge in [0.15, 0.2) is 0 Å². The Morgan fingerprint density at radius 1 is 1.13 bits per heavy atom. The van der Waals surface area contributed by atoms with E-state index in [1.807, 2.05) is 68.6 Å². The summed E-state index contributed by atoms with van der Waals surface area (Å²) >= 11 is 7.69. The molecule has 23 heavy (non-hydrogen) atoms. The van der Waals surface area contributed by atoms with Gasteiger partial charge >= 0.3 is 0 Å². The highest BCUT2D eigenvalue weighted by Gasteiger charge is 2.16. The second kappa shape index (κ2) is 8.39. The first-order chi connectivity index (χ1) is 11.0. The smallest absolute Gasteiger partial charge is 0.241 e. The first-order valence-corrected chi connectivity index (χ1v) is 9.06. The summed E-state index contributed by atoms with van der Waals surface area (Å²) in [6, 6.07) is 15.2. The van der Waals surface area contributed by atoms with E-state index in [1.54, 1.807) is 11.8 Å². The van der Waals surface area contributed by atoms with Crippen molar-refractivity contribution in [2.45, 2.75) is 30.8 Å². The lowest BCUT2D eigenvalue weighted by Gasteiger charge is -2.20. The third kappa shape index (κ3) is 5.27. The Labute approximate surface area is 146 Å². The Morgan fingerprint density at radius 3 is 2.43 bits per heavy atom. The number of amides is 1. The minimum absolute atomic E-state index is 0.0355. The predicted molar refractivity (Wildman–Crippen MR) is 99.3 cm³/mol. The fourth-order valence-electron chi connectivity index (χ4n) is 2.25. The topological polar surface area (TPSA) is 41.1 Å². The van der Waals surface area contributed by atoms with Crippen molar-refractivity contribution in [2.75, 3.05) is 11.6 Å². The summed E-state index contributed by atoms with van der Waals surface area (Å²) < 4.78 is 0. The molecule has 122 valence electrons. The number of rotatable bonds is 6. The molecule has 0 aliphatic heterocycles. The molecule has 0 fully saturated rings. The Balaban J connectivity index is 1.93. The van der Waals surface area contributed by atoms with E-state index < -0.39 is 0 Å². The van der Waals surface area contributed by atoms with Crippen LogP contribution in [0.4, 0.5) is 5.69 Å². The van der Waals surface area contributed by atoms with Gasteiger partial charge in [-0.2, -0.15) is 0 Å². The average molecular weight is 349 g/mol. The number of carbonyl (C=O) groups is 1. The molecule has 0 heterocycles. The Kier molecular flexibility index (Phi) is 6.51. The molecule has 0 aromatic heterocycles. The summed E-state index contributed by atoms with van der Waals surface area (Å²) in [5.74, 6) is -0.0595. The predicted octanol–water partition coefficient (Wildman–Crippen LogP) is 4.74. The van der Waals surface area contributed by atoms with Crippen molar-refractivity contribution in [1.29, 1.82) is 0 Å². The first kappa shape index (κ1) is 17.9. The largest absolute Gasteiger partial charge is 0.325 e. The van der Waals surface area contributed by atoms with Crippen LogP contribution in [-0.2, 0) is 4.79 Å². The summed E-state index contributed by atoms with van der Waals surface area (Å²) in [7, 11) is 0. The zero-order valence-electron chi connectivity index (χ0n) is 13.5. The SMILES string of the molecule is CSc1ccc(NC(=O)C(C)NC(C)c2cccc(Cl)c2)cc1. The van der Waals surface area contributed by atoms with E-state index in [0.717, 1.165) is 11.3 Å². The molecule has 2 aromatic rings. The van der Waals surface area contributed by atoms with Crippen molar-refractivity contribution < 1.29 is 4.79 Å². The summed E-state index contributed by atoms with van der Waals surface area (Å²) in [6.07, 6.45) is 2.02. The molecule has 2 rings (SSSR count). The van der Waals surface area contributed by atoms with Crippen LogP contribution in [0.5, 0.6) is 0 Å². The quantitative estimate of drug-likeness (QED) is 0.741. The maximum absolute atomic E-state index is 12.3. The molecule has 3 nitrogen and oxygen atoms in total. The van der Waals surface area contributed by atoms with Crippen LogP contribution < -0.4 is 10.6 Å². The van der Waals surface area contributed by atoms with E-state index in [2.05, 4.69) is 10.6 Å². The molecule has 0 aliphatic carbocycles. The van der Waals surface area contributed by atoms with Gasteiger partial charge in [0.1, 0.15) is 0 Å². The first-order valence-electron chi connectivity index (χ1n) is 7.46. The average Bonchev–Trinajstić information content (AvgIpc) is 2.55. The fraction of sp³-hybridized carbons (Fsp3) is 0.278. The number of benzene rings is 2. The summed E-state index contributed by atoms with van der Waals surface area (Å²) in [4.78, 5) is 13.5. The molecule has 0 bridgehead atoms. The standard InChI is InChI=1S/C18H21ClN2OS/c1-12(14-5-4-6-15(19)11-14)20-13(2)18(22)21-16-7-9-17(23-3)10-8-16/h4-13,20H,1-3H3,(H,21,22). The summed E-state index contributed by atoms with van der Waals surface area (Å²) in [5, 5.41) is 6.91. The second-order valence-corrected chi connectivity index (χ2v) is 6.70. The maximum atomic E-state index is 12.3. The van der Waals surface area contributed by atoms with Gasteiger partial charge in [-0.25, -0.2) is 0 Å². The van der Waals surface area contributed by atoms with Crippen molar-refractivity contribution in [1.82, 2.24) is 5.32 Å². The van der Waals surface area contributed by atoms with E-state index in [0.29, 0.717) is 5.02 Å². The lowest BCUT2D eigenvalue weighted by atomic mass is 10.1. The normalized spacial score (nSPS) is 13.4. The second-order valence-electron chi connectivity index (χ2n) is 5.38. The lowest BCUT2D eigenvalue weighted by molar-refractivity contribution is -0.117. The molecule has 5 heteroatoms. The minimum Gasteiger partial charge on any atom is -0.325 e. The van der Waals surface area contributed by atoms with Gasteiger partial charge in [0, 0.05) is 21.6 Å². The van der Waals surface area contributed by atoms with Crippen LogP contribution in [0.3, 0.4) is 0 Å². The van der Waals surface area contributed by atoms with E-state index in [1.165, 1.54) is 4.90 Å². The third-order valence-corrected chi connectivity index (χ3v) is 4.58. The molecular weight excluding hydrogens is 328 g/mol. The van der Waals surface area contributed by atoms with Crippen LogP contribution in [0.25, 0.3) is 0 Å². The number of hydrogen-bond donors (Lipinski definition) is 2. The fourth-order valence-corrected chi connectivity index (χ4v) is 2.85. The van der Waals surface area contributed by atoms with E-state index in [-0.39, 0.29) is 18.0 Å². The van der Waals surface area contributed by atoms with Gasteiger partial charge < -0.3 is 5.32 Å². The monoisotopic (exact) mass is 348 g/mol. The molecule has 0 spiro atoms. The highest BCUT2D eigenvalue weighted by molar-refractivity contribution is 7.98. The minimum atomic E-state index is -0.316. The van der Waals surface area contributed by atoms with Gasteiger partial charge in [-0.3, -0.25) is 10.1 Å². The number of thioether (sulfide) groups is 1. The van der Waals surface area contributed by atoms with Gasteiger partial charge in [0.25, 0.3) is 0 Å². The zero-order valence-corrected chi connectivity index (χ0v) is 15.0. The number of halogens is 1. The molecule has 2 atom stereocenters. The Morgan fingerprint density at radius 2 is 1.83 bits per heavy atom. The van der Waals surface area contributed by atoms with Crippen LogP contribution in [0, 0.1) is 0 Å². The highest BCUT2D eigenvalue weighted by atomic mass is 35.5. The van der Waals surface area contributed by atoms with Gasteiger partial charge in [-0.05, 0) is 62.1 Å². The van der Waals surface area contributed by atoms with Crippen LogP contribution in [0.1, 0.15) is 25.5 Å². The Hall–Kier alpha value is -1.49. The van der Waals surface area contributed by atoms with Crippen molar-refractivity contribution in [3.05, 3.63) is 59.1 Å². The number of carbonyl (C=O) groups excluding carboxylic acids is 1. The lowest BCUT2D eigenvalue weighted by Crippen LogP contribution is -2.39. The van der Waals surface area contributed by atoms with E-state index in [9.17, 15) is 4.79 Å². The van der Waals surface area contributed by atoms with Gasteiger partial charge in [0.05, 0.1) is 6.04 Å². The summed E-state index contributed by atoms with van der Waals surface area (Å²) in [5.41, 5.74) is 1.86. The van der Waals surface area contributed by atoms with Crippen molar-refractivity contribution in [3.63, 3.8) is 0 Å². The molecule has 2 N–H and O–H groups in total. The summed E-state index contributed by atoms with van der Waals surface area (Å²) in [6.45, 7) is 3.87. The molecule has 0 radical (unpaired) electrons. The van der Waals surface area contributed by atoms with Crippen LogP contribution >= 0.6 is 23.4 Å². The highest BCUT2D eigenvalue weighted by Crippen LogP contribution is 2.19. The maximum Gasteiger partial charge on any atom is 0.241 e. The van der Waals surface area contributed by atoms with Gasteiger partial charge in [-0.15, -0.1) is 11.8 Å². The third-order valence-electron chi connectivity index (χ3n) is 3.60. The van der Waals surface area contributed by atoms with Crippen LogP contribution in [-0.4, -0.2) is 18.2 Å². The van der Waals surface area contributed by atoms with Crippen molar-refractivity contribution >= 4 is 35.0 Å². The number of anilines is 1. The van der Waals surface area contributed by atoms with Crippen LogP contribution in [0.15, 0.2) is 53.4 Å².